The molecule has 2 amide bonds. The molecule has 29 heavy (non-hydrogen) atoms. The number of carbonyl (C=O) groups excluding carboxylic acids is 3. The number of Topliss-reactive ketones (excluding diaryl/α,β-unsaturated/α-hetero) is 1. The van der Waals surface area contributed by atoms with Crippen LogP contribution in [0, 0.1) is 0 Å². The molecule has 1 saturated heterocycles. The van der Waals surface area contributed by atoms with E-state index in [1.165, 1.54) is 4.57 Å². The summed E-state index contributed by atoms with van der Waals surface area (Å²) >= 11 is 0.804. The van der Waals surface area contributed by atoms with E-state index in [0.717, 1.165) is 27.7 Å². The number of nitrogens with zero attached hydrogens (tertiary/aromatic N) is 3. The number of hydrogen-bond donors (Lipinski definition) is 0. The molecule has 1 fully saturated rings. The Kier molecular flexibility index (Phi) is 4.71. The molecular weight excluding hydrogens is 390 g/mol. The number of rotatable bonds is 4. The topological polar surface area (TPSA) is 81.4 Å². The summed E-state index contributed by atoms with van der Waals surface area (Å²) in [5, 5.41) is -0.473. The molecule has 3 aromatic rings. The third-order valence-electron chi connectivity index (χ3n) is 4.86. The number of amides is 2. The molecule has 7 nitrogen and oxygen atoms in total. The maximum Gasteiger partial charge on any atom is 0.328 e. The molecule has 0 aliphatic carbocycles. The normalized spacial score (nSPS) is 15.7. The van der Waals surface area contributed by atoms with Crippen molar-refractivity contribution in [1.29, 1.82) is 0 Å². The van der Waals surface area contributed by atoms with Gasteiger partial charge in [-0.2, -0.15) is 0 Å². The van der Waals surface area contributed by atoms with E-state index in [1.54, 1.807) is 73.3 Å². The number of imide groups is 1. The average molecular weight is 407 g/mol. The van der Waals surface area contributed by atoms with Crippen molar-refractivity contribution in [2.75, 3.05) is 6.54 Å². The van der Waals surface area contributed by atoms with Crippen molar-refractivity contribution in [3.8, 4) is 0 Å². The standard InChI is InChI=1S/C21H17N3O4S/c1-22-15-9-8-13(10-16(15)23(2)20(22)27)11-18-19(26)24(21(28)29-18)12-17(25)14-6-4-3-5-7-14/h3-11H,12H2,1-2H3/b18-11+. The van der Waals surface area contributed by atoms with Crippen molar-refractivity contribution in [2.45, 2.75) is 0 Å². The van der Waals surface area contributed by atoms with E-state index in [4.69, 9.17) is 0 Å². The van der Waals surface area contributed by atoms with Crippen molar-refractivity contribution in [1.82, 2.24) is 14.0 Å². The van der Waals surface area contributed by atoms with Gasteiger partial charge in [-0.15, -0.1) is 0 Å². The molecule has 146 valence electrons. The number of aromatic nitrogens is 2. The van der Waals surface area contributed by atoms with Crippen molar-refractivity contribution < 1.29 is 14.4 Å². The second-order valence-electron chi connectivity index (χ2n) is 6.71. The summed E-state index contributed by atoms with van der Waals surface area (Å²) in [4.78, 5) is 50.6. The summed E-state index contributed by atoms with van der Waals surface area (Å²) in [6.45, 7) is -0.293. The van der Waals surface area contributed by atoms with Gasteiger partial charge < -0.3 is 0 Å². The van der Waals surface area contributed by atoms with Crippen molar-refractivity contribution >= 4 is 45.8 Å². The quantitative estimate of drug-likeness (QED) is 0.491. The van der Waals surface area contributed by atoms with E-state index < -0.39 is 11.1 Å². The molecule has 1 aliphatic heterocycles. The number of ketones is 1. The Labute approximate surface area is 170 Å². The first-order valence-electron chi connectivity index (χ1n) is 8.86. The Hall–Kier alpha value is -3.39. The van der Waals surface area contributed by atoms with E-state index >= 15 is 0 Å². The van der Waals surface area contributed by atoms with Crippen LogP contribution in [0.3, 0.4) is 0 Å². The molecule has 0 saturated carbocycles. The fourth-order valence-corrected chi connectivity index (χ4v) is 4.10. The molecule has 0 N–H and O–H groups in total. The highest BCUT2D eigenvalue weighted by Gasteiger charge is 2.36. The minimum absolute atomic E-state index is 0.142. The molecule has 0 unspecified atom stereocenters. The molecule has 0 atom stereocenters. The number of aryl methyl sites for hydroxylation is 2. The van der Waals surface area contributed by atoms with Gasteiger partial charge in [0.1, 0.15) is 0 Å². The maximum atomic E-state index is 12.7. The lowest BCUT2D eigenvalue weighted by Gasteiger charge is -2.11. The lowest BCUT2D eigenvalue weighted by atomic mass is 10.1. The van der Waals surface area contributed by atoms with E-state index in [1.807, 2.05) is 0 Å². The van der Waals surface area contributed by atoms with E-state index in [-0.39, 0.29) is 22.9 Å². The second-order valence-corrected chi connectivity index (χ2v) is 7.70. The first-order valence-corrected chi connectivity index (χ1v) is 9.67. The van der Waals surface area contributed by atoms with Crippen molar-refractivity contribution in [2.24, 2.45) is 14.1 Å². The SMILES string of the molecule is Cn1c(=O)n(C)c2cc(/C=C3/SC(=O)N(CC(=O)c4ccccc4)C3=O)ccc21. The number of benzene rings is 2. The lowest BCUT2D eigenvalue weighted by molar-refractivity contribution is -0.122. The van der Waals surface area contributed by atoms with Crippen LogP contribution in [-0.2, 0) is 18.9 Å². The van der Waals surface area contributed by atoms with Gasteiger partial charge in [0.15, 0.2) is 5.78 Å². The molecule has 2 aromatic carbocycles. The minimum atomic E-state index is -0.494. The Bertz CT molecular complexity index is 1250. The predicted molar refractivity (Wildman–Crippen MR) is 112 cm³/mol. The van der Waals surface area contributed by atoms with Gasteiger partial charge >= 0.3 is 5.69 Å². The minimum Gasteiger partial charge on any atom is -0.295 e. The molecular formula is C21H17N3O4S. The van der Waals surface area contributed by atoms with Crippen LogP contribution in [0.4, 0.5) is 4.79 Å². The molecule has 1 aliphatic rings. The first-order chi connectivity index (χ1) is 13.9. The number of thioether (sulfide) groups is 1. The third kappa shape index (κ3) is 3.31. The van der Waals surface area contributed by atoms with Gasteiger partial charge in [0, 0.05) is 19.7 Å². The van der Waals surface area contributed by atoms with Crippen LogP contribution >= 0.6 is 11.8 Å². The molecule has 2 heterocycles. The summed E-state index contributed by atoms with van der Waals surface area (Å²) in [5.74, 6) is -0.791. The second kappa shape index (κ2) is 7.21. The highest BCUT2D eigenvalue weighted by Crippen LogP contribution is 2.32. The van der Waals surface area contributed by atoms with Gasteiger partial charge in [-0.1, -0.05) is 36.4 Å². The fourth-order valence-electron chi connectivity index (χ4n) is 3.26. The van der Waals surface area contributed by atoms with Gasteiger partial charge in [-0.05, 0) is 35.5 Å². The van der Waals surface area contributed by atoms with Crippen LogP contribution in [0.1, 0.15) is 15.9 Å². The number of fused-ring (bicyclic) bond motifs is 1. The molecule has 8 heteroatoms. The van der Waals surface area contributed by atoms with E-state index in [9.17, 15) is 19.2 Å². The molecule has 4 rings (SSSR count). The summed E-state index contributed by atoms with van der Waals surface area (Å²) in [5.41, 5.74) is 2.50. The van der Waals surface area contributed by atoms with Crippen molar-refractivity contribution in [3.63, 3.8) is 0 Å². The smallest absolute Gasteiger partial charge is 0.295 e. The highest BCUT2D eigenvalue weighted by molar-refractivity contribution is 8.18. The van der Waals surface area contributed by atoms with Gasteiger partial charge in [0.25, 0.3) is 11.1 Å². The number of hydrogen-bond acceptors (Lipinski definition) is 5. The van der Waals surface area contributed by atoms with Crippen LogP contribution in [0.25, 0.3) is 17.1 Å². The van der Waals surface area contributed by atoms with Crippen LogP contribution in [-0.4, -0.2) is 37.5 Å². The highest BCUT2D eigenvalue weighted by atomic mass is 32.2. The summed E-state index contributed by atoms with van der Waals surface area (Å²) in [7, 11) is 3.37. The molecule has 0 bridgehead atoms. The zero-order valence-corrected chi connectivity index (χ0v) is 16.6. The fraction of sp³-hybridized carbons (Fsp3) is 0.143. The van der Waals surface area contributed by atoms with E-state index in [0.29, 0.717) is 11.1 Å². The van der Waals surface area contributed by atoms with Crippen LogP contribution < -0.4 is 5.69 Å². The summed E-state index contributed by atoms with van der Waals surface area (Å²) < 4.78 is 3.07. The predicted octanol–water partition coefficient (Wildman–Crippen LogP) is 2.80. The number of carbonyl (C=O) groups is 3. The van der Waals surface area contributed by atoms with Gasteiger partial charge in [0.2, 0.25) is 0 Å². The van der Waals surface area contributed by atoms with Gasteiger partial charge in [-0.3, -0.25) is 28.4 Å². The zero-order chi connectivity index (χ0) is 20.7. The zero-order valence-electron chi connectivity index (χ0n) is 15.8. The monoisotopic (exact) mass is 407 g/mol. The van der Waals surface area contributed by atoms with Gasteiger partial charge in [0.05, 0.1) is 22.5 Å². The number of imidazole rings is 1. The molecule has 0 radical (unpaired) electrons. The largest absolute Gasteiger partial charge is 0.328 e. The Morgan fingerprint density at radius 1 is 0.966 bits per heavy atom. The van der Waals surface area contributed by atoms with Crippen LogP contribution in [0.2, 0.25) is 0 Å². The van der Waals surface area contributed by atoms with Gasteiger partial charge in [-0.25, -0.2) is 4.79 Å². The molecule has 0 spiro atoms. The average Bonchev–Trinajstić information content (AvgIpc) is 3.11. The summed E-state index contributed by atoms with van der Waals surface area (Å²) in [6.07, 6.45) is 1.61. The molecule has 1 aromatic heterocycles. The third-order valence-corrected chi connectivity index (χ3v) is 5.77. The first kappa shape index (κ1) is 18.9. The Morgan fingerprint density at radius 3 is 2.38 bits per heavy atom. The van der Waals surface area contributed by atoms with Crippen LogP contribution in [0.5, 0.6) is 0 Å². The Morgan fingerprint density at radius 2 is 1.66 bits per heavy atom. The van der Waals surface area contributed by atoms with Crippen molar-refractivity contribution in [3.05, 3.63) is 75.0 Å². The Balaban J connectivity index is 1.61. The maximum absolute atomic E-state index is 12.7. The lowest BCUT2D eigenvalue weighted by Crippen LogP contribution is -2.33. The van der Waals surface area contributed by atoms with Crippen LogP contribution in [0.15, 0.2) is 58.2 Å². The summed E-state index contributed by atoms with van der Waals surface area (Å²) in [6, 6.07) is 13.9. The van der Waals surface area contributed by atoms with E-state index in [2.05, 4.69) is 0 Å².